The summed E-state index contributed by atoms with van der Waals surface area (Å²) in [6.45, 7) is 7.09. The third kappa shape index (κ3) is 7.18. The molecule has 0 spiro atoms. The standard InChI is InChI=1S/C14H26N2O3S.C2H7N/c1-12(2)11-14(17)16-5-3-13(4-6-16)15-7-9-20(18,19)10-8-15;1-3-2/h12-13H,3-11H2,1-2H3;3H,1-2H3. The molecule has 0 radical (unpaired) electrons. The predicted octanol–water partition coefficient (Wildman–Crippen LogP) is 0.590. The molecule has 2 fully saturated rings. The summed E-state index contributed by atoms with van der Waals surface area (Å²) < 4.78 is 22.9. The molecule has 136 valence electrons. The monoisotopic (exact) mass is 347 g/mol. The first-order valence-corrected chi connectivity index (χ1v) is 10.4. The summed E-state index contributed by atoms with van der Waals surface area (Å²) in [5, 5.41) is 2.75. The topological polar surface area (TPSA) is 69.7 Å². The highest BCUT2D eigenvalue weighted by Gasteiger charge is 2.30. The number of nitrogens with zero attached hydrogens (tertiary/aromatic N) is 2. The van der Waals surface area contributed by atoms with Gasteiger partial charge >= 0.3 is 0 Å². The van der Waals surface area contributed by atoms with Gasteiger partial charge in [-0.1, -0.05) is 13.8 Å². The van der Waals surface area contributed by atoms with Crippen molar-refractivity contribution < 1.29 is 13.2 Å². The van der Waals surface area contributed by atoms with Crippen LogP contribution in [0.15, 0.2) is 0 Å². The molecule has 2 aliphatic heterocycles. The Labute approximate surface area is 141 Å². The number of hydrogen-bond acceptors (Lipinski definition) is 5. The summed E-state index contributed by atoms with van der Waals surface area (Å²) in [4.78, 5) is 16.3. The average Bonchev–Trinajstić information content (AvgIpc) is 2.47. The number of amides is 1. The Morgan fingerprint density at radius 1 is 1.09 bits per heavy atom. The Kier molecular flexibility index (Phi) is 8.50. The summed E-state index contributed by atoms with van der Waals surface area (Å²) in [5.74, 6) is 1.26. The summed E-state index contributed by atoms with van der Waals surface area (Å²) in [6.07, 6.45) is 2.58. The van der Waals surface area contributed by atoms with Crippen LogP contribution in [0.2, 0.25) is 0 Å². The first kappa shape index (κ1) is 20.4. The molecule has 0 aliphatic carbocycles. The van der Waals surface area contributed by atoms with Gasteiger partial charge in [0.1, 0.15) is 0 Å². The van der Waals surface area contributed by atoms with Crippen molar-refractivity contribution in [2.24, 2.45) is 5.92 Å². The van der Waals surface area contributed by atoms with E-state index in [0.29, 0.717) is 43.0 Å². The van der Waals surface area contributed by atoms with Crippen LogP contribution in [-0.2, 0) is 14.6 Å². The summed E-state index contributed by atoms with van der Waals surface area (Å²) in [7, 11) is 0.952. The molecule has 0 aromatic heterocycles. The molecular weight excluding hydrogens is 314 g/mol. The lowest BCUT2D eigenvalue weighted by Gasteiger charge is -2.40. The molecule has 1 amide bonds. The Morgan fingerprint density at radius 3 is 2.00 bits per heavy atom. The molecule has 7 heteroatoms. The number of rotatable bonds is 3. The molecule has 23 heavy (non-hydrogen) atoms. The second-order valence-electron chi connectivity index (χ2n) is 6.90. The van der Waals surface area contributed by atoms with E-state index >= 15 is 0 Å². The second-order valence-corrected chi connectivity index (χ2v) is 9.20. The number of likely N-dealkylation sites (tertiary alicyclic amines) is 1. The van der Waals surface area contributed by atoms with Crippen molar-refractivity contribution in [3.63, 3.8) is 0 Å². The molecule has 2 aliphatic rings. The first-order valence-electron chi connectivity index (χ1n) is 8.59. The minimum absolute atomic E-state index is 0.264. The maximum atomic E-state index is 12.0. The van der Waals surface area contributed by atoms with Gasteiger partial charge in [0.25, 0.3) is 0 Å². The summed E-state index contributed by atoms with van der Waals surface area (Å²) >= 11 is 0. The molecule has 0 aromatic carbocycles. The van der Waals surface area contributed by atoms with Gasteiger partial charge in [-0.05, 0) is 32.9 Å². The van der Waals surface area contributed by atoms with Crippen molar-refractivity contribution in [3.8, 4) is 0 Å². The molecule has 6 nitrogen and oxygen atoms in total. The number of nitrogens with one attached hydrogen (secondary N) is 1. The van der Waals surface area contributed by atoms with E-state index in [0.717, 1.165) is 25.9 Å². The van der Waals surface area contributed by atoms with E-state index in [1.807, 2.05) is 19.0 Å². The Balaban J connectivity index is 0.000000816. The minimum Gasteiger partial charge on any atom is -0.343 e. The van der Waals surface area contributed by atoms with E-state index < -0.39 is 9.84 Å². The van der Waals surface area contributed by atoms with Crippen LogP contribution in [-0.4, -0.2) is 81.9 Å². The molecule has 0 atom stereocenters. The minimum atomic E-state index is -2.80. The third-order valence-electron chi connectivity index (χ3n) is 4.30. The zero-order valence-corrected chi connectivity index (χ0v) is 15.9. The van der Waals surface area contributed by atoms with Gasteiger partial charge in [-0.15, -0.1) is 0 Å². The molecule has 0 aromatic rings. The number of carbonyl (C=O) groups is 1. The highest BCUT2D eigenvalue weighted by Crippen LogP contribution is 2.20. The maximum absolute atomic E-state index is 12.0. The lowest BCUT2D eigenvalue weighted by atomic mass is 10.0. The molecule has 2 heterocycles. The van der Waals surface area contributed by atoms with E-state index in [2.05, 4.69) is 24.1 Å². The van der Waals surface area contributed by atoms with Gasteiger partial charge in [-0.2, -0.15) is 0 Å². The average molecular weight is 348 g/mol. The number of piperidine rings is 1. The highest BCUT2D eigenvalue weighted by molar-refractivity contribution is 7.91. The van der Waals surface area contributed by atoms with Crippen LogP contribution >= 0.6 is 0 Å². The van der Waals surface area contributed by atoms with E-state index in [1.165, 1.54) is 0 Å². The fraction of sp³-hybridized carbons (Fsp3) is 0.938. The van der Waals surface area contributed by atoms with Gasteiger partial charge in [0, 0.05) is 38.6 Å². The number of carbonyl (C=O) groups excluding carboxylic acids is 1. The van der Waals surface area contributed by atoms with Gasteiger partial charge in [0.15, 0.2) is 9.84 Å². The Hall–Kier alpha value is -0.660. The first-order chi connectivity index (χ1) is 10.8. The number of sulfone groups is 1. The van der Waals surface area contributed by atoms with Gasteiger partial charge in [-0.3, -0.25) is 9.69 Å². The molecule has 1 N–H and O–H groups in total. The van der Waals surface area contributed by atoms with Crippen LogP contribution in [0.3, 0.4) is 0 Å². The Bertz CT molecular complexity index is 443. The summed E-state index contributed by atoms with van der Waals surface area (Å²) in [5.41, 5.74) is 0. The lowest BCUT2D eigenvalue weighted by Crippen LogP contribution is -2.51. The molecule has 0 unspecified atom stereocenters. The maximum Gasteiger partial charge on any atom is 0.222 e. The van der Waals surface area contributed by atoms with Gasteiger partial charge in [0.2, 0.25) is 5.91 Å². The largest absolute Gasteiger partial charge is 0.343 e. The fourth-order valence-corrected chi connectivity index (χ4v) is 4.28. The highest BCUT2D eigenvalue weighted by atomic mass is 32.2. The van der Waals surface area contributed by atoms with E-state index in [-0.39, 0.29) is 5.91 Å². The van der Waals surface area contributed by atoms with Crippen LogP contribution in [0, 0.1) is 5.92 Å². The van der Waals surface area contributed by atoms with Crippen molar-refractivity contribution >= 4 is 15.7 Å². The molecule has 0 saturated carbocycles. The van der Waals surface area contributed by atoms with Crippen LogP contribution in [0.25, 0.3) is 0 Å². The molecule has 2 rings (SSSR count). The zero-order valence-electron chi connectivity index (χ0n) is 15.0. The molecule has 0 bridgehead atoms. The van der Waals surface area contributed by atoms with Crippen LogP contribution in [0.4, 0.5) is 0 Å². The van der Waals surface area contributed by atoms with Crippen molar-refractivity contribution in [2.45, 2.75) is 39.2 Å². The molecular formula is C16H33N3O3S. The van der Waals surface area contributed by atoms with Gasteiger partial charge in [-0.25, -0.2) is 8.42 Å². The van der Waals surface area contributed by atoms with Crippen LogP contribution < -0.4 is 5.32 Å². The predicted molar refractivity (Wildman–Crippen MR) is 94.3 cm³/mol. The van der Waals surface area contributed by atoms with Crippen molar-refractivity contribution in [1.29, 1.82) is 0 Å². The lowest BCUT2D eigenvalue weighted by molar-refractivity contribution is -0.133. The zero-order chi connectivity index (χ0) is 17.5. The second kappa shape index (κ2) is 9.59. The fourth-order valence-electron chi connectivity index (χ4n) is 3.05. The quantitative estimate of drug-likeness (QED) is 0.809. The summed E-state index contributed by atoms with van der Waals surface area (Å²) in [6, 6.07) is 0.452. The van der Waals surface area contributed by atoms with Gasteiger partial charge in [0.05, 0.1) is 11.5 Å². The smallest absolute Gasteiger partial charge is 0.222 e. The van der Waals surface area contributed by atoms with Crippen molar-refractivity contribution in [3.05, 3.63) is 0 Å². The van der Waals surface area contributed by atoms with Gasteiger partial charge < -0.3 is 10.2 Å². The normalized spacial score (nSPS) is 22.6. The van der Waals surface area contributed by atoms with Crippen molar-refractivity contribution in [1.82, 2.24) is 15.1 Å². The van der Waals surface area contributed by atoms with Crippen LogP contribution in [0.1, 0.15) is 33.1 Å². The van der Waals surface area contributed by atoms with E-state index in [1.54, 1.807) is 0 Å². The van der Waals surface area contributed by atoms with E-state index in [9.17, 15) is 13.2 Å². The SMILES string of the molecule is CC(C)CC(=O)N1CCC(N2CCS(=O)(=O)CC2)CC1.CNC. The Morgan fingerprint density at radius 2 is 1.57 bits per heavy atom. The van der Waals surface area contributed by atoms with Crippen molar-refractivity contribution in [2.75, 3.05) is 51.8 Å². The molecule has 2 saturated heterocycles. The van der Waals surface area contributed by atoms with Crippen LogP contribution in [0.5, 0.6) is 0 Å². The number of hydrogen-bond donors (Lipinski definition) is 1. The third-order valence-corrected chi connectivity index (χ3v) is 5.90. The van der Waals surface area contributed by atoms with E-state index in [4.69, 9.17) is 0 Å².